The third kappa shape index (κ3) is 6.13. The minimum atomic E-state index is 0.0523. The van der Waals surface area contributed by atoms with Crippen LogP contribution < -0.4 is 11.3 Å². The van der Waals surface area contributed by atoms with E-state index in [-0.39, 0.29) is 5.75 Å². The lowest BCUT2D eigenvalue weighted by Gasteiger charge is -2.05. The molecule has 0 saturated heterocycles. The standard InChI is InChI=1S/C20H19N5O3S/c1-14-7-12-19(26)18(13-14)23-25-20(15-5-3-2-4-6-15)24-22-16-8-10-17(11-9-16)29-28-27-21/h2-13,22,26H,21H2,1H3/b24-20-,25-23?. The van der Waals surface area contributed by atoms with Crippen molar-refractivity contribution in [1.29, 1.82) is 0 Å². The summed E-state index contributed by atoms with van der Waals surface area (Å²) in [5.41, 5.74) is 5.81. The molecule has 8 nitrogen and oxygen atoms in total. The van der Waals surface area contributed by atoms with Gasteiger partial charge in [-0.25, -0.2) is 0 Å². The molecule has 0 fully saturated rings. The van der Waals surface area contributed by atoms with E-state index >= 15 is 0 Å². The zero-order valence-electron chi connectivity index (χ0n) is 15.5. The third-order valence-electron chi connectivity index (χ3n) is 3.73. The number of phenols is 1. The summed E-state index contributed by atoms with van der Waals surface area (Å²) in [5, 5.41) is 22.7. The number of hydrazone groups is 1. The van der Waals surface area contributed by atoms with Gasteiger partial charge in [-0.05, 0) is 48.9 Å². The van der Waals surface area contributed by atoms with E-state index in [9.17, 15) is 5.11 Å². The molecule has 3 rings (SSSR count). The second kappa shape index (κ2) is 10.3. The number of aromatic hydroxyl groups is 1. The van der Waals surface area contributed by atoms with Gasteiger partial charge in [-0.15, -0.1) is 19.6 Å². The topological polar surface area (TPSA) is 114 Å². The highest BCUT2D eigenvalue weighted by Gasteiger charge is 2.05. The van der Waals surface area contributed by atoms with Gasteiger partial charge in [0.15, 0.2) is 0 Å². The molecule has 0 bridgehead atoms. The maximum absolute atomic E-state index is 9.98. The summed E-state index contributed by atoms with van der Waals surface area (Å²) in [6.07, 6.45) is 0. The van der Waals surface area contributed by atoms with Crippen LogP contribution in [0.3, 0.4) is 0 Å². The summed E-state index contributed by atoms with van der Waals surface area (Å²) in [6.45, 7) is 1.92. The highest BCUT2D eigenvalue weighted by Crippen LogP contribution is 2.27. The minimum absolute atomic E-state index is 0.0523. The fraction of sp³-hybridized carbons (Fsp3) is 0.0500. The Bertz CT molecular complexity index is 995. The number of nitrogens with one attached hydrogen (secondary N) is 1. The van der Waals surface area contributed by atoms with Gasteiger partial charge in [0.2, 0.25) is 5.84 Å². The van der Waals surface area contributed by atoms with E-state index in [1.165, 1.54) is 0 Å². The molecular weight excluding hydrogens is 390 g/mol. The molecule has 3 aromatic carbocycles. The molecule has 0 amide bonds. The first-order valence-electron chi connectivity index (χ1n) is 8.56. The lowest BCUT2D eigenvalue weighted by molar-refractivity contribution is -0.195. The van der Waals surface area contributed by atoms with E-state index in [1.807, 2.05) is 61.5 Å². The SMILES string of the molecule is Cc1ccc(O)c(N=N/C(=N\Nc2ccc(SOON)cc2)c2ccccc2)c1. The van der Waals surface area contributed by atoms with Crippen LogP contribution in [0.2, 0.25) is 0 Å². The first-order valence-corrected chi connectivity index (χ1v) is 9.30. The zero-order valence-corrected chi connectivity index (χ0v) is 16.3. The Morgan fingerprint density at radius 3 is 2.52 bits per heavy atom. The van der Waals surface area contributed by atoms with E-state index in [0.29, 0.717) is 11.5 Å². The number of amidine groups is 1. The number of anilines is 1. The quantitative estimate of drug-likeness (QED) is 0.125. The number of aryl methyl sites for hydroxylation is 1. The molecule has 0 heterocycles. The van der Waals surface area contributed by atoms with Gasteiger partial charge in [0, 0.05) is 10.5 Å². The first-order chi connectivity index (χ1) is 14.2. The van der Waals surface area contributed by atoms with Crippen LogP contribution >= 0.6 is 12.0 Å². The van der Waals surface area contributed by atoms with E-state index in [4.69, 9.17) is 5.90 Å². The molecule has 0 radical (unpaired) electrons. The number of phenolic OH excluding ortho intramolecular Hbond substituents is 1. The molecule has 0 aliphatic heterocycles. The molecule has 3 aromatic rings. The number of nitrogens with two attached hydrogens (primary N) is 1. The van der Waals surface area contributed by atoms with E-state index in [0.717, 1.165) is 33.8 Å². The molecule has 4 N–H and O–H groups in total. The van der Waals surface area contributed by atoms with Gasteiger partial charge in [0.05, 0.1) is 17.7 Å². The van der Waals surface area contributed by atoms with Crippen molar-refractivity contribution >= 4 is 29.3 Å². The van der Waals surface area contributed by atoms with Crippen LogP contribution in [0.15, 0.2) is 93.0 Å². The number of azo groups is 1. The van der Waals surface area contributed by atoms with Crippen molar-refractivity contribution in [3.8, 4) is 5.75 Å². The molecule has 0 spiro atoms. The Morgan fingerprint density at radius 2 is 1.79 bits per heavy atom. The highest BCUT2D eigenvalue weighted by molar-refractivity contribution is 7.94. The van der Waals surface area contributed by atoms with E-state index in [2.05, 4.69) is 30.1 Å². The highest BCUT2D eigenvalue weighted by atomic mass is 32.2. The normalized spacial score (nSPS) is 11.7. The minimum Gasteiger partial charge on any atom is -0.506 e. The van der Waals surface area contributed by atoms with Gasteiger partial charge in [-0.1, -0.05) is 36.4 Å². The van der Waals surface area contributed by atoms with Gasteiger partial charge in [-0.3, -0.25) is 5.43 Å². The van der Waals surface area contributed by atoms with Crippen molar-refractivity contribution in [3.63, 3.8) is 0 Å². The third-order valence-corrected chi connectivity index (χ3v) is 4.34. The van der Waals surface area contributed by atoms with Crippen molar-refractivity contribution in [2.45, 2.75) is 11.8 Å². The second-order valence-corrected chi connectivity index (χ2v) is 6.65. The fourth-order valence-electron chi connectivity index (χ4n) is 2.31. The van der Waals surface area contributed by atoms with Crippen molar-refractivity contribution in [3.05, 3.63) is 83.9 Å². The van der Waals surface area contributed by atoms with Crippen LogP contribution in [-0.4, -0.2) is 10.9 Å². The number of rotatable bonds is 7. The van der Waals surface area contributed by atoms with Gasteiger partial charge >= 0.3 is 0 Å². The molecular formula is C20H19N5O3S. The monoisotopic (exact) mass is 409 g/mol. The van der Waals surface area contributed by atoms with Crippen molar-refractivity contribution < 1.29 is 14.4 Å². The molecule has 0 saturated carbocycles. The van der Waals surface area contributed by atoms with Crippen LogP contribution in [0.5, 0.6) is 5.75 Å². The predicted molar refractivity (Wildman–Crippen MR) is 113 cm³/mol. The molecule has 0 unspecified atom stereocenters. The molecule has 0 aliphatic rings. The number of hydrogen-bond donors (Lipinski definition) is 3. The average Bonchev–Trinajstić information content (AvgIpc) is 2.76. The van der Waals surface area contributed by atoms with Crippen LogP contribution in [0.4, 0.5) is 11.4 Å². The lowest BCUT2D eigenvalue weighted by atomic mass is 10.2. The number of benzene rings is 3. The Hall–Kier alpha value is -3.24. The summed E-state index contributed by atoms with van der Waals surface area (Å²) < 4.78 is 4.61. The van der Waals surface area contributed by atoms with E-state index in [1.54, 1.807) is 18.2 Å². The smallest absolute Gasteiger partial charge is 0.201 e. The van der Waals surface area contributed by atoms with Gasteiger partial charge in [-0.2, -0.15) is 11.0 Å². The van der Waals surface area contributed by atoms with Gasteiger partial charge < -0.3 is 5.11 Å². The average molecular weight is 409 g/mol. The molecule has 29 heavy (non-hydrogen) atoms. The second-order valence-electron chi connectivity index (χ2n) is 5.88. The number of nitrogens with zero attached hydrogens (tertiary/aromatic N) is 3. The molecule has 148 valence electrons. The van der Waals surface area contributed by atoms with Crippen LogP contribution in [0.1, 0.15) is 11.1 Å². The Kier molecular flexibility index (Phi) is 7.31. The van der Waals surface area contributed by atoms with Crippen LogP contribution in [-0.2, 0) is 9.32 Å². The summed E-state index contributed by atoms with van der Waals surface area (Å²) in [4.78, 5) is 4.88. The molecule has 0 atom stereocenters. The molecule has 9 heteroatoms. The molecule has 0 aromatic heterocycles. The summed E-state index contributed by atoms with van der Waals surface area (Å²) in [6, 6.07) is 21.8. The van der Waals surface area contributed by atoms with Crippen LogP contribution in [0, 0.1) is 6.92 Å². The summed E-state index contributed by atoms with van der Waals surface area (Å²) in [5.74, 6) is 5.24. The predicted octanol–water partition coefficient (Wildman–Crippen LogP) is 5.09. The van der Waals surface area contributed by atoms with Crippen molar-refractivity contribution in [2.75, 3.05) is 5.43 Å². The van der Waals surface area contributed by atoms with Gasteiger partial charge in [0.25, 0.3) is 0 Å². The van der Waals surface area contributed by atoms with Crippen molar-refractivity contribution in [1.82, 2.24) is 0 Å². The first kappa shape index (κ1) is 20.5. The lowest BCUT2D eigenvalue weighted by Crippen LogP contribution is -2.01. The van der Waals surface area contributed by atoms with Gasteiger partial charge in [0.1, 0.15) is 11.4 Å². The van der Waals surface area contributed by atoms with Crippen molar-refractivity contribution in [2.24, 2.45) is 21.2 Å². The number of hydrogen-bond acceptors (Lipinski definition) is 8. The maximum atomic E-state index is 9.98. The summed E-state index contributed by atoms with van der Waals surface area (Å²) in [7, 11) is 0. The zero-order chi connectivity index (χ0) is 20.5. The fourth-order valence-corrected chi connectivity index (χ4v) is 2.67. The Labute approximate surface area is 172 Å². The van der Waals surface area contributed by atoms with E-state index < -0.39 is 0 Å². The largest absolute Gasteiger partial charge is 0.506 e. The van der Waals surface area contributed by atoms with Crippen LogP contribution in [0.25, 0.3) is 0 Å². The Balaban J connectivity index is 1.82. The Morgan fingerprint density at radius 1 is 1.03 bits per heavy atom. The molecule has 0 aliphatic carbocycles. The maximum Gasteiger partial charge on any atom is 0.201 e. The summed E-state index contributed by atoms with van der Waals surface area (Å²) >= 11 is 0.991.